The Hall–Kier alpha value is -2.61. The van der Waals surface area contributed by atoms with Crippen molar-refractivity contribution in [2.75, 3.05) is 6.61 Å². The lowest BCUT2D eigenvalue weighted by Gasteiger charge is -2.06. The van der Waals surface area contributed by atoms with E-state index in [1.165, 1.54) is 43.4 Å². The number of halogens is 1. The molecule has 160 valence electrons. The summed E-state index contributed by atoms with van der Waals surface area (Å²) in [6, 6.07) is 17.7. The standard InChI is InChI=1S/C26H27ClN2OS/c1-2-3-4-5-6-7-16-30-24-14-8-20(9-15-24)17-22(18-28)26-29-25(19-31-26)21-10-12-23(27)13-11-21/h8-15,17,19H,2-7,16H2,1H3. The van der Waals surface area contributed by atoms with Crippen LogP contribution in [-0.2, 0) is 0 Å². The molecule has 2 aromatic carbocycles. The summed E-state index contributed by atoms with van der Waals surface area (Å²) in [5.41, 5.74) is 3.32. The summed E-state index contributed by atoms with van der Waals surface area (Å²) >= 11 is 7.42. The van der Waals surface area contributed by atoms with E-state index in [0.29, 0.717) is 15.6 Å². The normalized spacial score (nSPS) is 11.3. The highest BCUT2D eigenvalue weighted by atomic mass is 35.5. The van der Waals surface area contributed by atoms with Crippen molar-refractivity contribution < 1.29 is 4.74 Å². The van der Waals surface area contributed by atoms with Gasteiger partial charge in [0.15, 0.2) is 0 Å². The molecular formula is C26H27ClN2OS. The third-order valence-electron chi connectivity index (χ3n) is 4.95. The van der Waals surface area contributed by atoms with Crippen LogP contribution >= 0.6 is 22.9 Å². The lowest BCUT2D eigenvalue weighted by atomic mass is 10.1. The van der Waals surface area contributed by atoms with E-state index in [2.05, 4.69) is 18.0 Å². The molecule has 0 spiro atoms. The van der Waals surface area contributed by atoms with Crippen molar-refractivity contribution in [3.63, 3.8) is 0 Å². The number of ether oxygens (including phenoxy) is 1. The summed E-state index contributed by atoms with van der Waals surface area (Å²) in [6.45, 7) is 2.98. The quantitative estimate of drug-likeness (QED) is 0.218. The minimum absolute atomic E-state index is 0.547. The Kier molecular flexibility index (Phi) is 9.15. The summed E-state index contributed by atoms with van der Waals surface area (Å²) < 4.78 is 5.84. The maximum Gasteiger partial charge on any atom is 0.134 e. The highest BCUT2D eigenvalue weighted by Crippen LogP contribution is 2.28. The molecule has 0 amide bonds. The Morgan fingerprint density at radius 1 is 1.03 bits per heavy atom. The van der Waals surface area contributed by atoms with Crippen LogP contribution in [0, 0.1) is 11.3 Å². The minimum atomic E-state index is 0.547. The lowest BCUT2D eigenvalue weighted by Crippen LogP contribution is -1.97. The Bertz CT molecular complexity index is 1020. The zero-order valence-corrected chi connectivity index (χ0v) is 19.4. The van der Waals surface area contributed by atoms with E-state index < -0.39 is 0 Å². The van der Waals surface area contributed by atoms with Crippen molar-refractivity contribution in [2.24, 2.45) is 0 Å². The Morgan fingerprint density at radius 3 is 2.45 bits per heavy atom. The number of nitriles is 1. The van der Waals surface area contributed by atoms with Gasteiger partial charge in [0.25, 0.3) is 0 Å². The van der Waals surface area contributed by atoms with Crippen molar-refractivity contribution in [2.45, 2.75) is 45.4 Å². The number of thiazole rings is 1. The molecule has 1 aromatic heterocycles. The smallest absolute Gasteiger partial charge is 0.134 e. The van der Waals surface area contributed by atoms with Gasteiger partial charge in [0, 0.05) is 16.0 Å². The second-order valence-corrected chi connectivity index (χ2v) is 8.69. The van der Waals surface area contributed by atoms with E-state index in [4.69, 9.17) is 16.3 Å². The number of allylic oxidation sites excluding steroid dienone is 1. The second kappa shape index (κ2) is 12.3. The predicted octanol–water partition coefficient (Wildman–Crippen LogP) is 8.27. The lowest BCUT2D eigenvalue weighted by molar-refractivity contribution is 0.304. The third kappa shape index (κ3) is 7.24. The molecule has 0 aliphatic rings. The number of unbranched alkanes of at least 4 members (excludes halogenated alkanes) is 5. The first-order valence-corrected chi connectivity index (χ1v) is 12.0. The van der Waals surface area contributed by atoms with Gasteiger partial charge in [0.2, 0.25) is 0 Å². The van der Waals surface area contributed by atoms with Crippen molar-refractivity contribution in [3.8, 4) is 23.1 Å². The van der Waals surface area contributed by atoms with Crippen molar-refractivity contribution >= 4 is 34.6 Å². The molecule has 31 heavy (non-hydrogen) atoms. The fourth-order valence-electron chi connectivity index (χ4n) is 3.19. The summed E-state index contributed by atoms with van der Waals surface area (Å²) in [4.78, 5) is 4.63. The van der Waals surface area contributed by atoms with Crippen LogP contribution in [0.25, 0.3) is 22.9 Å². The molecule has 0 aliphatic heterocycles. The first kappa shape index (κ1) is 23.1. The molecule has 3 nitrogen and oxygen atoms in total. The fourth-order valence-corrected chi connectivity index (χ4v) is 4.11. The molecule has 0 radical (unpaired) electrons. The molecule has 0 atom stereocenters. The van der Waals surface area contributed by atoms with Crippen molar-refractivity contribution in [3.05, 3.63) is 69.5 Å². The highest BCUT2D eigenvalue weighted by molar-refractivity contribution is 7.11. The number of hydrogen-bond acceptors (Lipinski definition) is 4. The van der Waals surface area contributed by atoms with Gasteiger partial charge in [0.05, 0.1) is 17.9 Å². The van der Waals surface area contributed by atoms with Gasteiger partial charge in [-0.2, -0.15) is 5.26 Å². The first-order valence-electron chi connectivity index (χ1n) is 10.8. The van der Waals surface area contributed by atoms with Crippen LogP contribution < -0.4 is 4.74 Å². The van der Waals surface area contributed by atoms with Gasteiger partial charge >= 0.3 is 0 Å². The third-order valence-corrected chi connectivity index (χ3v) is 6.08. The molecule has 0 saturated carbocycles. The maximum atomic E-state index is 9.64. The zero-order valence-electron chi connectivity index (χ0n) is 17.8. The number of rotatable bonds is 11. The van der Waals surface area contributed by atoms with Gasteiger partial charge in [-0.15, -0.1) is 11.3 Å². The number of hydrogen-bond donors (Lipinski definition) is 0. The molecule has 0 bridgehead atoms. The van der Waals surface area contributed by atoms with Crippen LogP contribution in [0.15, 0.2) is 53.9 Å². The van der Waals surface area contributed by atoms with Gasteiger partial charge in [0.1, 0.15) is 16.8 Å². The van der Waals surface area contributed by atoms with Crippen LogP contribution in [0.5, 0.6) is 5.75 Å². The van der Waals surface area contributed by atoms with Gasteiger partial charge in [-0.25, -0.2) is 4.98 Å². The van der Waals surface area contributed by atoms with Crippen molar-refractivity contribution in [1.82, 2.24) is 4.98 Å². The van der Waals surface area contributed by atoms with Crippen LogP contribution in [0.3, 0.4) is 0 Å². The summed E-state index contributed by atoms with van der Waals surface area (Å²) in [5, 5.41) is 13.0. The van der Waals surface area contributed by atoms with Crippen molar-refractivity contribution in [1.29, 1.82) is 5.26 Å². The topological polar surface area (TPSA) is 45.9 Å². The Balaban J connectivity index is 1.57. The molecule has 0 saturated heterocycles. The average Bonchev–Trinajstić information content (AvgIpc) is 3.28. The van der Waals surface area contributed by atoms with Gasteiger partial charge in [-0.05, 0) is 42.3 Å². The average molecular weight is 451 g/mol. The van der Waals surface area contributed by atoms with E-state index in [9.17, 15) is 5.26 Å². The van der Waals surface area contributed by atoms with E-state index in [1.807, 2.05) is 60.0 Å². The van der Waals surface area contributed by atoms with Gasteiger partial charge in [-0.3, -0.25) is 0 Å². The van der Waals surface area contributed by atoms with Crippen LogP contribution in [0.1, 0.15) is 56.0 Å². The Labute approximate surface area is 194 Å². The molecule has 0 aliphatic carbocycles. The monoisotopic (exact) mass is 450 g/mol. The molecule has 0 N–H and O–H groups in total. The molecule has 0 unspecified atom stereocenters. The molecule has 3 aromatic rings. The minimum Gasteiger partial charge on any atom is -0.494 e. The summed E-state index contributed by atoms with van der Waals surface area (Å²) in [6.07, 6.45) is 9.37. The summed E-state index contributed by atoms with van der Waals surface area (Å²) in [5.74, 6) is 0.864. The molecular weight excluding hydrogens is 424 g/mol. The zero-order chi connectivity index (χ0) is 21.9. The molecule has 5 heteroatoms. The summed E-state index contributed by atoms with van der Waals surface area (Å²) in [7, 11) is 0. The fraction of sp³-hybridized carbons (Fsp3) is 0.308. The number of nitrogens with zero attached hydrogens (tertiary/aromatic N) is 2. The van der Waals surface area contributed by atoms with Gasteiger partial charge < -0.3 is 4.74 Å². The van der Waals surface area contributed by atoms with E-state index >= 15 is 0 Å². The van der Waals surface area contributed by atoms with Crippen LogP contribution in [0.2, 0.25) is 5.02 Å². The first-order chi connectivity index (χ1) is 15.2. The maximum absolute atomic E-state index is 9.64. The van der Waals surface area contributed by atoms with E-state index in [0.717, 1.165) is 35.6 Å². The number of benzene rings is 2. The predicted molar refractivity (Wildman–Crippen MR) is 131 cm³/mol. The SMILES string of the molecule is CCCCCCCCOc1ccc(C=C(C#N)c2nc(-c3ccc(Cl)cc3)cs2)cc1. The highest BCUT2D eigenvalue weighted by Gasteiger charge is 2.09. The largest absolute Gasteiger partial charge is 0.494 e. The van der Waals surface area contributed by atoms with E-state index in [-0.39, 0.29) is 0 Å². The van der Waals surface area contributed by atoms with E-state index in [1.54, 1.807) is 0 Å². The molecule has 0 fully saturated rings. The molecule has 1 heterocycles. The number of aromatic nitrogens is 1. The molecule has 3 rings (SSSR count). The van der Waals surface area contributed by atoms with Crippen LogP contribution in [0.4, 0.5) is 0 Å². The van der Waals surface area contributed by atoms with Gasteiger partial charge in [-0.1, -0.05) is 74.9 Å². The second-order valence-electron chi connectivity index (χ2n) is 7.40. The van der Waals surface area contributed by atoms with Crippen LogP contribution in [-0.4, -0.2) is 11.6 Å². The Morgan fingerprint density at radius 2 is 1.74 bits per heavy atom.